The van der Waals surface area contributed by atoms with E-state index in [2.05, 4.69) is 11.4 Å². The average molecular weight is 275 g/mol. The molecule has 0 radical (unpaired) electrons. The molecular formula is C19H17NO. The molecule has 0 aromatic heterocycles. The molecule has 0 saturated carbocycles. The summed E-state index contributed by atoms with van der Waals surface area (Å²) < 4.78 is 0. The van der Waals surface area contributed by atoms with E-state index in [1.165, 1.54) is 5.39 Å². The number of carbonyl (C=O) groups excluding carboxylic acids is 1. The van der Waals surface area contributed by atoms with Gasteiger partial charge in [0.15, 0.2) is 0 Å². The zero-order valence-corrected chi connectivity index (χ0v) is 12.2. The smallest absolute Gasteiger partial charge is 0.255 e. The van der Waals surface area contributed by atoms with Crippen LogP contribution in [0.2, 0.25) is 0 Å². The minimum atomic E-state index is -0.0669. The average Bonchev–Trinajstić information content (AvgIpc) is 2.47. The van der Waals surface area contributed by atoms with E-state index in [0.29, 0.717) is 5.56 Å². The van der Waals surface area contributed by atoms with Crippen LogP contribution < -0.4 is 5.32 Å². The van der Waals surface area contributed by atoms with Gasteiger partial charge in [0.25, 0.3) is 5.91 Å². The van der Waals surface area contributed by atoms with Gasteiger partial charge in [-0.15, -0.1) is 0 Å². The number of anilines is 1. The molecule has 0 atom stereocenters. The topological polar surface area (TPSA) is 29.1 Å². The van der Waals surface area contributed by atoms with E-state index in [-0.39, 0.29) is 5.91 Å². The number of amides is 1. The maximum atomic E-state index is 12.4. The van der Waals surface area contributed by atoms with E-state index in [0.717, 1.165) is 22.2 Å². The Kier molecular flexibility index (Phi) is 3.44. The van der Waals surface area contributed by atoms with Crippen LogP contribution in [0.5, 0.6) is 0 Å². The summed E-state index contributed by atoms with van der Waals surface area (Å²) in [5.41, 5.74) is 3.69. The van der Waals surface area contributed by atoms with Crippen LogP contribution in [0, 0.1) is 13.8 Å². The van der Waals surface area contributed by atoms with Crippen LogP contribution in [0.4, 0.5) is 5.69 Å². The Balaban J connectivity index is 1.89. The van der Waals surface area contributed by atoms with Gasteiger partial charge < -0.3 is 5.32 Å². The third-order valence-corrected chi connectivity index (χ3v) is 3.63. The molecule has 3 aromatic carbocycles. The van der Waals surface area contributed by atoms with Gasteiger partial charge >= 0.3 is 0 Å². The predicted octanol–water partition coefficient (Wildman–Crippen LogP) is 4.71. The number of hydrogen-bond donors (Lipinski definition) is 1. The molecule has 0 heterocycles. The summed E-state index contributed by atoms with van der Waals surface area (Å²) in [6.45, 7) is 3.99. The van der Waals surface area contributed by atoms with Crippen molar-refractivity contribution in [2.75, 3.05) is 5.32 Å². The Morgan fingerprint density at radius 2 is 1.62 bits per heavy atom. The molecule has 3 aromatic rings. The molecule has 0 aliphatic carbocycles. The molecule has 104 valence electrons. The Labute approximate surface area is 124 Å². The maximum Gasteiger partial charge on any atom is 0.255 e. The van der Waals surface area contributed by atoms with Crippen LogP contribution in [0.25, 0.3) is 10.8 Å². The molecule has 0 bridgehead atoms. The molecule has 0 fully saturated rings. The molecule has 2 heteroatoms. The number of aryl methyl sites for hydroxylation is 2. The minimum Gasteiger partial charge on any atom is -0.322 e. The first-order chi connectivity index (χ1) is 10.1. The molecular weight excluding hydrogens is 258 g/mol. The van der Waals surface area contributed by atoms with Gasteiger partial charge in [0.2, 0.25) is 0 Å². The van der Waals surface area contributed by atoms with Crippen molar-refractivity contribution in [3.63, 3.8) is 0 Å². The molecule has 3 rings (SSSR count). The van der Waals surface area contributed by atoms with Crippen molar-refractivity contribution in [1.29, 1.82) is 0 Å². The fourth-order valence-corrected chi connectivity index (χ4v) is 2.53. The van der Waals surface area contributed by atoms with Crippen molar-refractivity contribution in [3.05, 3.63) is 77.4 Å². The summed E-state index contributed by atoms with van der Waals surface area (Å²) in [6, 6.07) is 19.9. The van der Waals surface area contributed by atoms with Crippen LogP contribution in [0.3, 0.4) is 0 Å². The summed E-state index contributed by atoms with van der Waals surface area (Å²) in [4.78, 5) is 12.4. The zero-order valence-electron chi connectivity index (χ0n) is 12.2. The van der Waals surface area contributed by atoms with Gasteiger partial charge in [-0.25, -0.2) is 0 Å². The number of rotatable bonds is 2. The number of hydrogen-bond acceptors (Lipinski definition) is 1. The molecule has 2 nitrogen and oxygen atoms in total. The van der Waals surface area contributed by atoms with Gasteiger partial charge in [-0.05, 0) is 48.4 Å². The van der Waals surface area contributed by atoms with Gasteiger partial charge in [0.05, 0.1) is 0 Å². The standard InChI is InChI=1S/C19H17NO/c1-13-7-10-18(14(2)11-13)19(21)20-17-9-8-15-5-3-4-6-16(15)12-17/h3-12H,1-2H3,(H,20,21). The summed E-state index contributed by atoms with van der Waals surface area (Å²) >= 11 is 0. The SMILES string of the molecule is Cc1ccc(C(=O)Nc2ccc3ccccc3c2)c(C)c1. The fraction of sp³-hybridized carbons (Fsp3) is 0.105. The van der Waals surface area contributed by atoms with Crippen LogP contribution in [0.15, 0.2) is 60.7 Å². The van der Waals surface area contributed by atoms with Crippen LogP contribution in [0.1, 0.15) is 21.5 Å². The highest BCUT2D eigenvalue weighted by atomic mass is 16.1. The number of nitrogens with one attached hydrogen (secondary N) is 1. The second-order valence-electron chi connectivity index (χ2n) is 5.33. The maximum absolute atomic E-state index is 12.4. The van der Waals surface area contributed by atoms with Gasteiger partial charge in [-0.3, -0.25) is 4.79 Å². The zero-order chi connectivity index (χ0) is 14.8. The first-order valence-electron chi connectivity index (χ1n) is 7.01. The minimum absolute atomic E-state index is 0.0669. The normalized spacial score (nSPS) is 10.6. The summed E-state index contributed by atoms with van der Waals surface area (Å²) in [7, 11) is 0. The number of benzene rings is 3. The van der Waals surface area contributed by atoms with Gasteiger partial charge in [-0.1, -0.05) is 48.0 Å². The lowest BCUT2D eigenvalue weighted by atomic mass is 10.0. The molecule has 1 amide bonds. The quantitative estimate of drug-likeness (QED) is 0.721. The molecule has 0 aliphatic heterocycles. The Bertz CT molecular complexity index is 821. The van der Waals surface area contributed by atoms with E-state index in [9.17, 15) is 4.79 Å². The van der Waals surface area contributed by atoms with Crippen molar-refractivity contribution < 1.29 is 4.79 Å². The Hall–Kier alpha value is -2.61. The lowest BCUT2D eigenvalue weighted by molar-refractivity contribution is 0.102. The molecule has 0 unspecified atom stereocenters. The van der Waals surface area contributed by atoms with Gasteiger partial charge in [0, 0.05) is 11.3 Å². The van der Waals surface area contributed by atoms with Crippen LogP contribution in [-0.4, -0.2) is 5.91 Å². The van der Waals surface area contributed by atoms with E-state index in [1.807, 2.05) is 68.4 Å². The highest BCUT2D eigenvalue weighted by Crippen LogP contribution is 2.20. The van der Waals surface area contributed by atoms with Gasteiger partial charge in [-0.2, -0.15) is 0 Å². The van der Waals surface area contributed by atoms with Crippen molar-refractivity contribution in [1.82, 2.24) is 0 Å². The lowest BCUT2D eigenvalue weighted by Crippen LogP contribution is -2.13. The third-order valence-electron chi connectivity index (χ3n) is 3.63. The second-order valence-corrected chi connectivity index (χ2v) is 5.33. The Morgan fingerprint density at radius 3 is 2.38 bits per heavy atom. The first-order valence-corrected chi connectivity index (χ1v) is 7.01. The molecule has 1 N–H and O–H groups in total. The van der Waals surface area contributed by atoms with Crippen LogP contribution in [-0.2, 0) is 0 Å². The first kappa shape index (κ1) is 13.4. The number of fused-ring (bicyclic) bond motifs is 1. The summed E-state index contributed by atoms with van der Waals surface area (Å²) in [6.07, 6.45) is 0. The van der Waals surface area contributed by atoms with Gasteiger partial charge in [0.1, 0.15) is 0 Å². The van der Waals surface area contributed by atoms with E-state index in [1.54, 1.807) is 0 Å². The van der Waals surface area contributed by atoms with Crippen molar-refractivity contribution >= 4 is 22.4 Å². The lowest BCUT2D eigenvalue weighted by Gasteiger charge is -2.09. The van der Waals surface area contributed by atoms with E-state index >= 15 is 0 Å². The monoisotopic (exact) mass is 275 g/mol. The van der Waals surface area contributed by atoms with E-state index in [4.69, 9.17) is 0 Å². The highest BCUT2D eigenvalue weighted by molar-refractivity contribution is 6.06. The predicted molar refractivity (Wildman–Crippen MR) is 87.8 cm³/mol. The Morgan fingerprint density at radius 1 is 0.857 bits per heavy atom. The van der Waals surface area contributed by atoms with Crippen molar-refractivity contribution in [2.24, 2.45) is 0 Å². The summed E-state index contributed by atoms with van der Waals surface area (Å²) in [5.74, 6) is -0.0669. The summed E-state index contributed by atoms with van der Waals surface area (Å²) in [5, 5.41) is 5.26. The van der Waals surface area contributed by atoms with Crippen molar-refractivity contribution in [3.8, 4) is 0 Å². The molecule has 0 saturated heterocycles. The molecule has 21 heavy (non-hydrogen) atoms. The largest absolute Gasteiger partial charge is 0.322 e. The highest BCUT2D eigenvalue weighted by Gasteiger charge is 2.09. The third kappa shape index (κ3) is 2.79. The second kappa shape index (κ2) is 5.41. The van der Waals surface area contributed by atoms with Crippen LogP contribution >= 0.6 is 0 Å². The molecule has 0 spiro atoms. The van der Waals surface area contributed by atoms with Crippen molar-refractivity contribution in [2.45, 2.75) is 13.8 Å². The van der Waals surface area contributed by atoms with E-state index < -0.39 is 0 Å². The molecule has 0 aliphatic rings. The fourth-order valence-electron chi connectivity index (χ4n) is 2.53. The number of carbonyl (C=O) groups is 1.